The summed E-state index contributed by atoms with van der Waals surface area (Å²) in [5.41, 5.74) is 1.37. The number of hydrogen-bond donors (Lipinski definition) is 1. The van der Waals surface area contributed by atoms with Gasteiger partial charge in [-0.15, -0.1) is 0 Å². The summed E-state index contributed by atoms with van der Waals surface area (Å²) in [6.07, 6.45) is 5.87. The van der Waals surface area contributed by atoms with Gasteiger partial charge in [0.25, 0.3) is 0 Å². The van der Waals surface area contributed by atoms with E-state index in [1.807, 2.05) is 6.20 Å². The van der Waals surface area contributed by atoms with Gasteiger partial charge in [-0.05, 0) is 50.9 Å². The van der Waals surface area contributed by atoms with Crippen LogP contribution in [0.2, 0.25) is 0 Å². The van der Waals surface area contributed by atoms with E-state index in [0.29, 0.717) is 6.04 Å². The molecule has 1 N–H and O–H groups in total. The minimum absolute atomic E-state index is 0.595. The zero-order valence-corrected chi connectivity index (χ0v) is 10.9. The maximum atomic E-state index is 4.47. The van der Waals surface area contributed by atoms with E-state index in [1.54, 1.807) is 0 Å². The van der Waals surface area contributed by atoms with Gasteiger partial charge in [-0.1, -0.05) is 13.0 Å². The Kier molecular flexibility index (Phi) is 4.37. The van der Waals surface area contributed by atoms with Crippen LogP contribution < -0.4 is 5.32 Å². The first-order valence-electron chi connectivity index (χ1n) is 6.79. The molecule has 1 aromatic rings. The summed E-state index contributed by atoms with van der Waals surface area (Å²) in [4.78, 5) is 7.06. The predicted octanol–water partition coefficient (Wildman–Crippen LogP) is 3.06. The third-order valence-electron chi connectivity index (χ3n) is 3.40. The summed E-state index contributed by atoms with van der Waals surface area (Å²) in [7, 11) is 0. The number of nitrogens with zero attached hydrogens (tertiary/aromatic N) is 2. The summed E-state index contributed by atoms with van der Waals surface area (Å²) in [6.45, 7) is 7.72. The Balaban J connectivity index is 2.05. The maximum absolute atomic E-state index is 4.47. The third-order valence-corrected chi connectivity index (χ3v) is 3.40. The molecule has 1 aromatic heterocycles. The van der Waals surface area contributed by atoms with E-state index in [1.165, 1.54) is 37.9 Å². The molecular formula is C14H23N3. The van der Waals surface area contributed by atoms with Gasteiger partial charge in [-0.2, -0.15) is 0 Å². The van der Waals surface area contributed by atoms with Crippen LogP contribution in [0.5, 0.6) is 0 Å². The lowest BCUT2D eigenvalue weighted by molar-refractivity contribution is 0.257. The molecule has 0 aromatic carbocycles. The van der Waals surface area contributed by atoms with Crippen LogP contribution in [-0.2, 0) is 0 Å². The highest BCUT2D eigenvalue weighted by atomic mass is 15.2. The number of pyridine rings is 1. The molecule has 1 aliphatic heterocycles. The molecular weight excluding hydrogens is 210 g/mol. The molecule has 17 heavy (non-hydrogen) atoms. The summed E-state index contributed by atoms with van der Waals surface area (Å²) in [5.74, 6) is 0.983. The number of rotatable bonds is 5. The highest BCUT2D eigenvalue weighted by Crippen LogP contribution is 2.31. The van der Waals surface area contributed by atoms with Gasteiger partial charge < -0.3 is 5.32 Å². The highest BCUT2D eigenvalue weighted by molar-refractivity contribution is 5.36. The van der Waals surface area contributed by atoms with Crippen LogP contribution in [0.15, 0.2) is 18.3 Å². The van der Waals surface area contributed by atoms with E-state index < -0.39 is 0 Å². The molecule has 0 radical (unpaired) electrons. The second kappa shape index (κ2) is 6.01. The largest absolute Gasteiger partial charge is 0.370 e. The molecule has 0 aliphatic carbocycles. The molecule has 0 amide bonds. The quantitative estimate of drug-likeness (QED) is 0.847. The molecule has 3 heteroatoms. The molecule has 2 rings (SSSR count). The molecule has 1 unspecified atom stereocenters. The Hall–Kier alpha value is -1.09. The first-order chi connectivity index (χ1) is 8.35. The Labute approximate surface area is 104 Å². The standard InChI is InChI=1S/C14H23N3/c1-3-9-17-10-5-6-13(17)12-7-8-14(15-4-2)16-11-12/h7-8,11,13H,3-6,9-10H2,1-2H3,(H,15,16). The normalized spacial score (nSPS) is 20.7. The minimum Gasteiger partial charge on any atom is -0.370 e. The van der Waals surface area contributed by atoms with Gasteiger partial charge in [-0.3, -0.25) is 4.90 Å². The second-order valence-electron chi connectivity index (χ2n) is 4.70. The molecule has 0 bridgehead atoms. The molecule has 0 spiro atoms. The Morgan fingerprint density at radius 2 is 2.29 bits per heavy atom. The minimum atomic E-state index is 0.595. The smallest absolute Gasteiger partial charge is 0.125 e. The first kappa shape index (κ1) is 12.4. The predicted molar refractivity (Wildman–Crippen MR) is 72.2 cm³/mol. The van der Waals surface area contributed by atoms with E-state index in [9.17, 15) is 0 Å². The van der Waals surface area contributed by atoms with Crippen LogP contribution in [0.1, 0.15) is 44.7 Å². The van der Waals surface area contributed by atoms with Crippen LogP contribution in [0, 0.1) is 0 Å². The number of nitrogens with one attached hydrogen (secondary N) is 1. The van der Waals surface area contributed by atoms with Crippen molar-refractivity contribution in [2.75, 3.05) is 25.0 Å². The molecule has 94 valence electrons. The van der Waals surface area contributed by atoms with Crippen molar-refractivity contribution in [2.24, 2.45) is 0 Å². The number of aromatic nitrogens is 1. The van der Waals surface area contributed by atoms with Crippen molar-refractivity contribution in [1.82, 2.24) is 9.88 Å². The summed E-state index contributed by atoms with van der Waals surface area (Å²) in [5, 5.41) is 3.24. The number of likely N-dealkylation sites (tertiary alicyclic amines) is 1. The van der Waals surface area contributed by atoms with E-state index in [0.717, 1.165) is 12.4 Å². The average molecular weight is 233 g/mol. The molecule has 1 aliphatic rings. The van der Waals surface area contributed by atoms with Crippen LogP contribution in [0.4, 0.5) is 5.82 Å². The van der Waals surface area contributed by atoms with Gasteiger partial charge in [0.1, 0.15) is 5.82 Å². The molecule has 1 fully saturated rings. The number of hydrogen-bond acceptors (Lipinski definition) is 3. The fourth-order valence-electron chi connectivity index (χ4n) is 2.65. The fourth-order valence-corrected chi connectivity index (χ4v) is 2.65. The van der Waals surface area contributed by atoms with Gasteiger partial charge >= 0.3 is 0 Å². The monoisotopic (exact) mass is 233 g/mol. The van der Waals surface area contributed by atoms with Crippen LogP contribution in [0.3, 0.4) is 0 Å². The molecule has 1 saturated heterocycles. The summed E-state index contributed by atoms with van der Waals surface area (Å²) >= 11 is 0. The van der Waals surface area contributed by atoms with Crippen LogP contribution in [0.25, 0.3) is 0 Å². The Morgan fingerprint density at radius 3 is 2.94 bits per heavy atom. The van der Waals surface area contributed by atoms with Gasteiger partial charge in [0.2, 0.25) is 0 Å². The summed E-state index contributed by atoms with van der Waals surface area (Å²) in [6, 6.07) is 4.92. The first-order valence-corrected chi connectivity index (χ1v) is 6.79. The van der Waals surface area contributed by atoms with Crippen molar-refractivity contribution in [3.8, 4) is 0 Å². The zero-order chi connectivity index (χ0) is 12.1. The van der Waals surface area contributed by atoms with Gasteiger partial charge in [0, 0.05) is 18.8 Å². The van der Waals surface area contributed by atoms with E-state index in [2.05, 4.69) is 41.2 Å². The van der Waals surface area contributed by atoms with Crippen molar-refractivity contribution >= 4 is 5.82 Å². The fraction of sp³-hybridized carbons (Fsp3) is 0.643. The van der Waals surface area contributed by atoms with Crippen LogP contribution >= 0.6 is 0 Å². The van der Waals surface area contributed by atoms with E-state index >= 15 is 0 Å². The average Bonchev–Trinajstić information content (AvgIpc) is 2.79. The van der Waals surface area contributed by atoms with Gasteiger partial charge in [0.05, 0.1) is 0 Å². The lowest BCUT2D eigenvalue weighted by Gasteiger charge is -2.24. The van der Waals surface area contributed by atoms with Crippen LogP contribution in [-0.4, -0.2) is 29.5 Å². The van der Waals surface area contributed by atoms with Crippen molar-refractivity contribution in [2.45, 2.75) is 39.2 Å². The van der Waals surface area contributed by atoms with E-state index in [4.69, 9.17) is 0 Å². The molecule has 2 heterocycles. The van der Waals surface area contributed by atoms with Crippen molar-refractivity contribution in [1.29, 1.82) is 0 Å². The van der Waals surface area contributed by atoms with Crippen molar-refractivity contribution in [3.05, 3.63) is 23.9 Å². The lowest BCUT2D eigenvalue weighted by atomic mass is 10.1. The highest BCUT2D eigenvalue weighted by Gasteiger charge is 2.25. The topological polar surface area (TPSA) is 28.2 Å². The Morgan fingerprint density at radius 1 is 1.41 bits per heavy atom. The van der Waals surface area contributed by atoms with Gasteiger partial charge in [0.15, 0.2) is 0 Å². The summed E-state index contributed by atoms with van der Waals surface area (Å²) < 4.78 is 0. The van der Waals surface area contributed by atoms with E-state index in [-0.39, 0.29) is 0 Å². The van der Waals surface area contributed by atoms with Crippen molar-refractivity contribution in [3.63, 3.8) is 0 Å². The zero-order valence-electron chi connectivity index (χ0n) is 10.9. The van der Waals surface area contributed by atoms with Gasteiger partial charge in [-0.25, -0.2) is 4.98 Å². The maximum Gasteiger partial charge on any atom is 0.125 e. The molecule has 3 nitrogen and oxygen atoms in total. The third kappa shape index (κ3) is 2.97. The Bertz CT molecular complexity index is 334. The van der Waals surface area contributed by atoms with Crippen molar-refractivity contribution < 1.29 is 0 Å². The molecule has 0 saturated carbocycles. The second-order valence-corrected chi connectivity index (χ2v) is 4.70. The molecule has 1 atom stereocenters. The lowest BCUT2D eigenvalue weighted by Crippen LogP contribution is -2.24. The number of anilines is 1. The SMILES string of the molecule is CCCN1CCCC1c1ccc(NCC)nc1.